The lowest BCUT2D eigenvalue weighted by molar-refractivity contribution is 0.0957. The Labute approximate surface area is 182 Å². The van der Waals surface area contributed by atoms with E-state index in [4.69, 9.17) is 9.47 Å². The summed E-state index contributed by atoms with van der Waals surface area (Å²) in [5.74, 6) is 0.228. The minimum Gasteiger partial charge on any atom is -0.493 e. The van der Waals surface area contributed by atoms with Crippen LogP contribution in [0.1, 0.15) is 27.1 Å². The molecule has 1 aliphatic heterocycles. The molecule has 1 heterocycles. The second-order valence-corrected chi connectivity index (χ2v) is 6.57. The van der Waals surface area contributed by atoms with Gasteiger partial charge in [-0.25, -0.2) is 0 Å². The number of benzene rings is 2. The fraction of sp³-hybridized carbons (Fsp3) is 0.273. The van der Waals surface area contributed by atoms with E-state index in [1.807, 2.05) is 6.07 Å². The Kier molecular flexibility index (Phi) is 8.70. The molecule has 3 rings (SSSR count). The van der Waals surface area contributed by atoms with Crippen molar-refractivity contribution in [2.75, 3.05) is 39.2 Å². The van der Waals surface area contributed by atoms with Crippen LogP contribution in [0.15, 0.2) is 54.1 Å². The molecule has 2 aromatic carbocycles. The topological polar surface area (TPSA) is 88.7 Å². The Morgan fingerprint density at radius 1 is 1.03 bits per heavy atom. The first-order valence-electron chi connectivity index (χ1n) is 9.41. The fourth-order valence-corrected chi connectivity index (χ4v) is 3.07. The number of carbonyl (C=O) groups is 2. The minimum absolute atomic E-state index is 0. The fourth-order valence-electron chi connectivity index (χ4n) is 3.07. The van der Waals surface area contributed by atoms with Crippen LogP contribution in [-0.2, 0) is 0 Å². The average Bonchev–Trinajstić information content (AvgIpc) is 2.78. The number of halogens is 1. The smallest absolute Gasteiger partial charge is 0.255 e. The number of anilines is 1. The third-order valence-electron chi connectivity index (χ3n) is 4.69. The molecule has 0 saturated carbocycles. The first-order valence-corrected chi connectivity index (χ1v) is 9.41. The highest BCUT2D eigenvalue weighted by molar-refractivity contribution is 6.09. The maximum absolute atomic E-state index is 12.9. The molecular weight excluding hydrogens is 406 g/mol. The number of amides is 2. The molecule has 2 aromatic rings. The maximum atomic E-state index is 12.9. The molecule has 1 aliphatic rings. The molecule has 8 heteroatoms. The van der Waals surface area contributed by atoms with Gasteiger partial charge in [0.2, 0.25) is 0 Å². The molecule has 0 fully saturated rings. The van der Waals surface area contributed by atoms with Crippen LogP contribution in [0.2, 0.25) is 0 Å². The summed E-state index contributed by atoms with van der Waals surface area (Å²) in [4.78, 5) is 25.5. The third kappa shape index (κ3) is 5.75. The van der Waals surface area contributed by atoms with Crippen LogP contribution in [0.5, 0.6) is 11.5 Å². The predicted molar refractivity (Wildman–Crippen MR) is 119 cm³/mol. The van der Waals surface area contributed by atoms with Gasteiger partial charge >= 0.3 is 0 Å². The van der Waals surface area contributed by atoms with Crippen LogP contribution < -0.4 is 25.4 Å². The Balaban J connectivity index is 0.00000320. The van der Waals surface area contributed by atoms with Crippen LogP contribution in [0.25, 0.3) is 0 Å². The average molecular weight is 432 g/mol. The normalized spacial score (nSPS) is 12.8. The van der Waals surface area contributed by atoms with E-state index in [1.54, 1.807) is 36.4 Å². The SMILES string of the molecule is COc1cc(NC(=O)c2ccccc2)c(C(=O)NCC2=CCNCC2)cc1OC.Cl. The van der Waals surface area contributed by atoms with Crippen LogP contribution >= 0.6 is 12.4 Å². The van der Waals surface area contributed by atoms with E-state index in [9.17, 15) is 9.59 Å². The maximum Gasteiger partial charge on any atom is 0.255 e. The first-order chi connectivity index (χ1) is 14.1. The van der Waals surface area contributed by atoms with Gasteiger partial charge in [0.05, 0.1) is 25.5 Å². The first kappa shape index (κ1) is 23.3. The van der Waals surface area contributed by atoms with Gasteiger partial charge in [-0.05, 0) is 31.2 Å². The van der Waals surface area contributed by atoms with Crippen molar-refractivity contribution in [1.29, 1.82) is 0 Å². The van der Waals surface area contributed by atoms with Gasteiger partial charge < -0.3 is 25.4 Å². The van der Waals surface area contributed by atoms with Gasteiger partial charge in [0.15, 0.2) is 11.5 Å². The third-order valence-corrected chi connectivity index (χ3v) is 4.69. The zero-order chi connectivity index (χ0) is 20.6. The van der Waals surface area contributed by atoms with Crippen molar-refractivity contribution in [1.82, 2.24) is 10.6 Å². The molecule has 2 amide bonds. The number of nitrogens with one attached hydrogen (secondary N) is 3. The molecular formula is C22H26ClN3O4. The highest BCUT2D eigenvalue weighted by atomic mass is 35.5. The van der Waals surface area contributed by atoms with Gasteiger partial charge in [-0.2, -0.15) is 0 Å². The predicted octanol–water partition coefficient (Wildman–Crippen LogP) is 3.03. The highest BCUT2D eigenvalue weighted by Crippen LogP contribution is 2.33. The Hall–Kier alpha value is -3.03. The van der Waals surface area contributed by atoms with E-state index in [0.29, 0.717) is 34.9 Å². The second-order valence-electron chi connectivity index (χ2n) is 6.57. The number of rotatable bonds is 7. The lowest BCUT2D eigenvalue weighted by atomic mass is 10.1. The monoisotopic (exact) mass is 431 g/mol. The molecule has 0 bridgehead atoms. The minimum atomic E-state index is -0.312. The van der Waals surface area contributed by atoms with Crippen molar-refractivity contribution < 1.29 is 19.1 Å². The standard InChI is InChI=1S/C22H25N3O4.ClH/c1-28-19-12-17(22(27)24-14-15-8-10-23-11-9-15)18(13-20(19)29-2)25-21(26)16-6-4-3-5-7-16;/h3-8,12-13,23H,9-11,14H2,1-2H3,(H,24,27)(H,25,26);1H. The van der Waals surface area contributed by atoms with Gasteiger partial charge in [-0.1, -0.05) is 29.8 Å². The number of methoxy groups -OCH3 is 2. The van der Waals surface area contributed by atoms with Gasteiger partial charge in [0.25, 0.3) is 11.8 Å². The van der Waals surface area contributed by atoms with E-state index >= 15 is 0 Å². The van der Waals surface area contributed by atoms with Gasteiger partial charge in [0.1, 0.15) is 0 Å². The molecule has 0 aromatic heterocycles. The van der Waals surface area contributed by atoms with E-state index < -0.39 is 0 Å². The van der Waals surface area contributed by atoms with Gasteiger partial charge in [-0.15, -0.1) is 12.4 Å². The summed E-state index contributed by atoms with van der Waals surface area (Å²) in [5.41, 5.74) is 2.33. The molecule has 7 nitrogen and oxygen atoms in total. The van der Waals surface area contributed by atoms with Crippen LogP contribution in [-0.4, -0.2) is 45.7 Å². The summed E-state index contributed by atoms with van der Waals surface area (Å²) < 4.78 is 10.7. The summed E-state index contributed by atoms with van der Waals surface area (Å²) in [6.45, 7) is 2.16. The molecule has 30 heavy (non-hydrogen) atoms. The second kappa shape index (κ2) is 11.2. The van der Waals surface area contributed by atoms with Gasteiger partial charge in [-0.3, -0.25) is 9.59 Å². The summed E-state index contributed by atoms with van der Waals surface area (Å²) in [5, 5.41) is 8.98. The van der Waals surface area contributed by atoms with E-state index in [0.717, 1.165) is 19.5 Å². The van der Waals surface area contributed by atoms with E-state index in [-0.39, 0.29) is 24.2 Å². The molecule has 0 unspecified atom stereocenters. The van der Waals surface area contributed by atoms with Crippen molar-refractivity contribution in [2.45, 2.75) is 6.42 Å². The number of ether oxygens (including phenoxy) is 2. The zero-order valence-corrected chi connectivity index (χ0v) is 17.8. The van der Waals surface area contributed by atoms with Crippen molar-refractivity contribution in [2.24, 2.45) is 0 Å². The molecule has 3 N–H and O–H groups in total. The van der Waals surface area contributed by atoms with Crippen LogP contribution in [0, 0.1) is 0 Å². The van der Waals surface area contributed by atoms with Crippen molar-refractivity contribution >= 4 is 29.9 Å². The molecule has 0 atom stereocenters. The lowest BCUT2D eigenvalue weighted by Crippen LogP contribution is -2.30. The number of carbonyl (C=O) groups excluding carboxylic acids is 2. The molecule has 0 radical (unpaired) electrons. The van der Waals surface area contributed by atoms with Gasteiger partial charge in [0, 0.05) is 24.7 Å². The molecule has 0 aliphatic carbocycles. The Morgan fingerprint density at radius 2 is 1.73 bits per heavy atom. The van der Waals surface area contributed by atoms with E-state index in [1.165, 1.54) is 19.8 Å². The largest absolute Gasteiger partial charge is 0.493 e. The Bertz CT molecular complexity index is 916. The number of hydrogen-bond acceptors (Lipinski definition) is 5. The highest BCUT2D eigenvalue weighted by Gasteiger charge is 2.19. The molecule has 0 spiro atoms. The molecule has 0 saturated heterocycles. The Morgan fingerprint density at radius 3 is 2.37 bits per heavy atom. The van der Waals surface area contributed by atoms with E-state index in [2.05, 4.69) is 22.0 Å². The number of hydrogen-bond donors (Lipinski definition) is 3. The summed E-state index contributed by atoms with van der Waals surface area (Å²) in [7, 11) is 3.01. The zero-order valence-electron chi connectivity index (χ0n) is 17.0. The van der Waals surface area contributed by atoms with Crippen LogP contribution in [0.3, 0.4) is 0 Å². The summed E-state index contributed by atoms with van der Waals surface area (Å²) in [6.07, 6.45) is 2.97. The molecule has 160 valence electrons. The lowest BCUT2D eigenvalue weighted by Gasteiger charge is -2.17. The van der Waals surface area contributed by atoms with Crippen LogP contribution in [0.4, 0.5) is 5.69 Å². The van der Waals surface area contributed by atoms with Crippen molar-refractivity contribution in [3.8, 4) is 11.5 Å². The summed E-state index contributed by atoms with van der Waals surface area (Å²) in [6, 6.07) is 12.0. The quantitative estimate of drug-likeness (QED) is 0.586. The summed E-state index contributed by atoms with van der Waals surface area (Å²) >= 11 is 0. The van der Waals surface area contributed by atoms with Crippen molar-refractivity contribution in [3.05, 3.63) is 65.2 Å². The van der Waals surface area contributed by atoms with Crippen molar-refractivity contribution in [3.63, 3.8) is 0 Å².